The molecule has 29 heavy (non-hydrogen) atoms. The number of phenols is 1. The number of benzene rings is 2. The maximum absolute atomic E-state index is 12.7. The summed E-state index contributed by atoms with van der Waals surface area (Å²) < 4.78 is 11.0. The molecule has 2 amide bonds. The summed E-state index contributed by atoms with van der Waals surface area (Å²) in [5.41, 5.74) is 0.908. The molecule has 0 aromatic heterocycles. The van der Waals surface area contributed by atoms with Gasteiger partial charge in [0.05, 0.1) is 25.7 Å². The lowest BCUT2D eigenvalue weighted by molar-refractivity contribution is -0.122. The van der Waals surface area contributed by atoms with Crippen LogP contribution >= 0.6 is 27.7 Å². The van der Waals surface area contributed by atoms with Crippen LogP contribution in [0.4, 0.5) is 4.79 Å². The van der Waals surface area contributed by atoms with Crippen molar-refractivity contribution >= 4 is 50.7 Å². The molecule has 9 heteroatoms. The average molecular weight is 478 g/mol. The van der Waals surface area contributed by atoms with Crippen LogP contribution in [0.2, 0.25) is 0 Å². The van der Waals surface area contributed by atoms with Crippen molar-refractivity contribution in [3.05, 3.63) is 56.9 Å². The van der Waals surface area contributed by atoms with Gasteiger partial charge in [-0.15, -0.1) is 0 Å². The molecule has 0 radical (unpaired) electrons. The Hall–Kier alpha value is -2.78. The fourth-order valence-corrected chi connectivity index (χ4v) is 3.76. The van der Waals surface area contributed by atoms with Crippen LogP contribution in [-0.2, 0) is 4.79 Å². The Morgan fingerprint density at radius 1 is 1.14 bits per heavy atom. The van der Waals surface area contributed by atoms with E-state index in [0.717, 1.165) is 21.1 Å². The third kappa shape index (κ3) is 4.46. The minimum atomic E-state index is -0.559. The number of rotatable bonds is 6. The molecule has 1 aliphatic heterocycles. The van der Waals surface area contributed by atoms with Crippen LogP contribution in [0.3, 0.4) is 0 Å². The molecule has 150 valence electrons. The van der Waals surface area contributed by atoms with E-state index in [1.807, 2.05) is 0 Å². The molecule has 7 nitrogen and oxygen atoms in total. The predicted octanol–water partition coefficient (Wildman–Crippen LogP) is 4.09. The molecule has 0 bridgehead atoms. The smallest absolute Gasteiger partial charge is 0.293 e. The number of ether oxygens (including phenoxy) is 2. The highest BCUT2D eigenvalue weighted by molar-refractivity contribution is 9.10. The third-order valence-corrected chi connectivity index (χ3v) is 5.58. The third-order valence-electron chi connectivity index (χ3n) is 4.14. The Morgan fingerprint density at radius 3 is 2.28 bits per heavy atom. The van der Waals surface area contributed by atoms with Crippen LogP contribution < -0.4 is 9.47 Å². The van der Waals surface area contributed by atoms with E-state index in [-0.39, 0.29) is 34.5 Å². The molecule has 1 fully saturated rings. The van der Waals surface area contributed by atoms with Crippen molar-refractivity contribution < 1.29 is 29.0 Å². The van der Waals surface area contributed by atoms with E-state index in [0.29, 0.717) is 11.1 Å². The number of carbonyl (C=O) groups excluding carboxylic acids is 3. The summed E-state index contributed by atoms with van der Waals surface area (Å²) in [5.74, 6) is -0.730. The summed E-state index contributed by atoms with van der Waals surface area (Å²) >= 11 is 4.03. The molecule has 3 rings (SSSR count). The highest BCUT2D eigenvalue weighted by Crippen LogP contribution is 2.39. The normalized spacial score (nSPS) is 15.1. The van der Waals surface area contributed by atoms with Gasteiger partial charge < -0.3 is 14.6 Å². The van der Waals surface area contributed by atoms with Crippen molar-refractivity contribution in [1.29, 1.82) is 0 Å². The second-order valence-electron chi connectivity index (χ2n) is 5.97. The average Bonchev–Trinajstić information content (AvgIpc) is 2.96. The van der Waals surface area contributed by atoms with Gasteiger partial charge in [-0.25, -0.2) is 0 Å². The van der Waals surface area contributed by atoms with Crippen molar-refractivity contribution in [3.8, 4) is 17.2 Å². The summed E-state index contributed by atoms with van der Waals surface area (Å²) in [5, 5.41) is 9.47. The number of phenolic OH excluding ortho intramolecular Hbond substituents is 1. The quantitative estimate of drug-likeness (QED) is 0.494. The number of thioether (sulfide) groups is 1. The number of halogens is 1. The number of ketones is 1. The minimum Gasteiger partial charge on any atom is -0.502 e. The topological polar surface area (TPSA) is 93.1 Å². The van der Waals surface area contributed by atoms with Gasteiger partial charge in [-0.05, 0) is 47.7 Å². The van der Waals surface area contributed by atoms with E-state index >= 15 is 0 Å². The molecule has 1 aliphatic rings. The molecule has 0 unspecified atom stereocenters. The summed E-state index contributed by atoms with van der Waals surface area (Å²) in [6.45, 7) is -0.341. The predicted molar refractivity (Wildman–Crippen MR) is 112 cm³/mol. The number of amides is 2. The van der Waals surface area contributed by atoms with Gasteiger partial charge in [0.25, 0.3) is 11.1 Å². The SMILES string of the molecule is COc1cc(/C=C2/SC(=O)N(CC(=O)c3ccc(Br)cc3)C2=O)cc(OC)c1O. The number of nitrogens with zero attached hydrogens (tertiary/aromatic N) is 1. The number of methoxy groups -OCH3 is 2. The van der Waals surface area contributed by atoms with Gasteiger partial charge in [-0.1, -0.05) is 28.1 Å². The van der Waals surface area contributed by atoms with Crippen LogP contribution in [0.1, 0.15) is 15.9 Å². The van der Waals surface area contributed by atoms with Crippen molar-refractivity contribution in [2.24, 2.45) is 0 Å². The highest BCUT2D eigenvalue weighted by Gasteiger charge is 2.36. The molecule has 1 N–H and O–H groups in total. The zero-order valence-electron chi connectivity index (χ0n) is 15.5. The fourth-order valence-electron chi connectivity index (χ4n) is 2.66. The number of hydrogen-bond acceptors (Lipinski definition) is 7. The van der Waals surface area contributed by atoms with Gasteiger partial charge in [-0.2, -0.15) is 0 Å². The number of hydrogen-bond donors (Lipinski definition) is 1. The zero-order chi connectivity index (χ0) is 21.1. The van der Waals surface area contributed by atoms with Gasteiger partial charge in [-0.3, -0.25) is 19.3 Å². The minimum absolute atomic E-state index is 0.161. The van der Waals surface area contributed by atoms with E-state index in [4.69, 9.17) is 9.47 Å². The molecule has 0 atom stereocenters. The summed E-state index contributed by atoms with van der Waals surface area (Å²) in [6.07, 6.45) is 1.49. The van der Waals surface area contributed by atoms with Gasteiger partial charge in [0.1, 0.15) is 0 Å². The first-order valence-corrected chi connectivity index (χ1v) is 9.94. The Kier molecular flexibility index (Phi) is 6.29. The van der Waals surface area contributed by atoms with E-state index in [1.54, 1.807) is 24.3 Å². The van der Waals surface area contributed by atoms with E-state index < -0.39 is 11.1 Å². The van der Waals surface area contributed by atoms with Crippen molar-refractivity contribution in [3.63, 3.8) is 0 Å². The van der Waals surface area contributed by atoms with Gasteiger partial charge in [0.15, 0.2) is 17.3 Å². The van der Waals surface area contributed by atoms with Crippen LogP contribution in [0, 0.1) is 0 Å². The molecule has 2 aromatic carbocycles. The zero-order valence-corrected chi connectivity index (χ0v) is 17.9. The van der Waals surface area contributed by atoms with Crippen molar-refractivity contribution in [1.82, 2.24) is 4.90 Å². The molecule has 2 aromatic rings. The second-order valence-corrected chi connectivity index (χ2v) is 7.88. The first-order valence-electron chi connectivity index (χ1n) is 8.33. The molecule has 0 saturated carbocycles. The van der Waals surface area contributed by atoms with E-state index in [2.05, 4.69) is 15.9 Å². The van der Waals surface area contributed by atoms with Crippen molar-refractivity contribution in [2.45, 2.75) is 0 Å². The molecule has 0 aliphatic carbocycles. The molecule has 1 heterocycles. The number of imide groups is 1. The fraction of sp³-hybridized carbons (Fsp3) is 0.150. The maximum Gasteiger partial charge on any atom is 0.293 e. The standard InChI is InChI=1S/C20H16BrNO6S/c1-27-15-7-11(8-16(28-2)18(15)24)9-17-19(25)22(20(26)29-17)10-14(23)12-3-5-13(21)6-4-12/h3-9,24H,10H2,1-2H3/b17-9+. The molecule has 1 saturated heterocycles. The lowest BCUT2D eigenvalue weighted by Crippen LogP contribution is -2.33. The lowest BCUT2D eigenvalue weighted by atomic mass is 10.1. The molecular formula is C20H16BrNO6S. The largest absolute Gasteiger partial charge is 0.502 e. The Labute approximate surface area is 179 Å². The van der Waals surface area contributed by atoms with Crippen LogP contribution in [-0.4, -0.2) is 47.7 Å². The lowest BCUT2D eigenvalue weighted by Gasteiger charge is -2.11. The van der Waals surface area contributed by atoms with E-state index in [1.165, 1.54) is 32.4 Å². The second kappa shape index (κ2) is 8.71. The summed E-state index contributed by atoms with van der Waals surface area (Å²) in [4.78, 5) is 38.4. The van der Waals surface area contributed by atoms with Crippen molar-refractivity contribution in [2.75, 3.05) is 20.8 Å². The Bertz CT molecular complexity index is 993. The summed E-state index contributed by atoms with van der Waals surface area (Å²) in [6, 6.07) is 9.70. The molecule has 0 spiro atoms. The van der Waals surface area contributed by atoms with Gasteiger partial charge in [0.2, 0.25) is 5.75 Å². The monoisotopic (exact) mass is 477 g/mol. The number of Topliss-reactive ketones (excluding diaryl/α,β-unsaturated/α-hetero) is 1. The Balaban J connectivity index is 1.83. The van der Waals surface area contributed by atoms with Crippen LogP contribution in [0.25, 0.3) is 6.08 Å². The highest BCUT2D eigenvalue weighted by atomic mass is 79.9. The summed E-state index contributed by atoms with van der Waals surface area (Å²) in [7, 11) is 2.78. The van der Waals surface area contributed by atoms with E-state index in [9.17, 15) is 19.5 Å². The first kappa shape index (κ1) is 20.9. The maximum atomic E-state index is 12.7. The van der Waals surface area contributed by atoms with Crippen LogP contribution in [0.5, 0.6) is 17.2 Å². The number of carbonyl (C=O) groups is 3. The first-order chi connectivity index (χ1) is 13.8. The molecular weight excluding hydrogens is 462 g/mol. The van der Waals surface area contributed by atoms with Crippen LogP contribution in [0.15, 0.2) is 45.8 Å². The Morgan fingerprint density at radius 2 is 1.72 bits per heavy atom. The van der Waals surface area contributed by atoms with Gasteiger partial charge in [0, 0.05) is 10.0 Å². The number of aromatic hydroxyl groups is 1. The van der Waals surface area contributed by atoms with Gasteiger partial charge >= 0.3 is 0 Å².